The maximum atomic E-state index is 12.6. The van der Waals surface area contributed by atoms with Crippen molar-refractivity contribution in [3.63, 3.8) is 0 Å². The molecular weight excluding hydrogens is 460 g/mol. The van der Waals surface area contributed by atoms with Crippen molar-refractivity contribution in [2.45, 2.75) is 11.4 Å². The standard InChI is InChI=1S/C24H24N2O7S/c1-31-19-11-12-21(22(14-19)32-2)26-23(27)16-33-24(28)18-9-6-10-20(13-18)34(29,30)25-15-17-7-4-3-5-8-17/h3-14,25H,15-16H2,1-2H3,(H,26,27). The van der Waals surface area contributed by atoms with E-state index in [1.54, 1.807) is 42.5 Å². The van der Waals surface area contributed by atoms with E-state index in [0.717, 1.165) is 5.56 Å². The second-order valence-corrected chi connectivity index (χ2v) is 8.80. The predicted molar refractivity (Wildman–Crippen MR) is 125 cm³/mol. The quantitative estimate of drug-likeness (QED) is 0.425. The Hall–Kier alpha value is -3.89. The predicted octanol–water partition coefficient (Wildman–Crippen LogP) is 2.98. The van der Waals surface area contributed by atoms with Gasteiger partial charge in [0.1, 0.15) is 11.5 Å². The molecule has 3 rings (SSSR count). The average molecular weight is 485 g/mol. The summed E-state index contributed by atoms with van der Waals surface area (Å²) in [6.45, 7) is -0.468. The van der Waals surface area contributed by atoms with Gasteiger partial charge in [-0.15, -0.1) is 0 Å². The molecule has 0 saturated heterocycles. The number of sulfonamides is 1. The number of esters is 1. The van der Waals surface area contributed by atoms with Gasteiger partial charge < -0.3 is 19.5 Å². The summed E-state index contributed by atoms with van der Waals surface area (Å²) < 4.78 is 43.1. The molecule has 0 unspecified atom stereocenters. The fourth-order valence-electron chi connectivity index (χ4n) is 2.95. The summed E-state index contributed by atoms with van der Waals surface area (Å²) in [7, 11) is -0.910. The van der Waals surface area contributed by atoms with Crippen molar-refractivity contribution in [3.8, 4) is 11.5 Å². The molecule has 0 aliphatic carbocycles. The number of hydrogen-bond donors (Lipinski definition) is 2. The van der Waals surface area contributed by atoms with Gasteiger partial charge in [-0.3, -0.25) is 4.79 Å². The second-order valence-electron chi connectivity index (χ2n) is 7.03. The zero-order valence-electron chi connectivity index (χ0n) is 18.6. The SMILES string of the molecule is COc1ccc(NC(=O)COC(=O)c2cccc(S(=O)(=O)NCc3ccccc3)c2)c(OC)c1. The number of carbonyl (C=O) groups excluding carboxylic acids is 2. The summed E-state index contributed by atoms with van der Waals surface area (Å²) in [6, 6.07) is 19.3. The minimum absolute atomic E-state index is 0.00239. The van der Waals surface area contributed by atoms with Gasteiger partial charge >= 0.3 is 5.97 Å². The Morgan fingerprint density at radius 1 is 0.882 bits per heavy atom. The summed E-state index contributed by atoms with van der Waals surface area (Å²) >= 11 is 0. The van der Waals surface area contributed by atoms with E-state index in [-0.39, 0.29) is 17.0 Å². The summed E-state index contributed by atoms with van der Waals surface area (Å²) in [5, 5.41) is 2.58. The third-order valence-electron chi connectivity index (χ3n) is 4.71. The Bertz CT molecular complexity index is 1260. The van der Waals surface area contributed by atoms with Crippen molar-refractivity contribution in [1.29, 1.82) is 0 Å². The highest BCUT2D eigenvalue weighted by molar-refractivity contribution is 7.89. The highest BCUT2D eigenvalue weighted by atomic mass is 32.2. The van der Waals surface area contributed by atoms with Crippen LogP contribution in [0, 0.1) is 0 Å². The largest absolute Gasteiger partial charge is 0.497 e. The van der Waals surface area contributed by atoms with Crippen molar-refractivity contribution in [1.82, 2.24) is 4.72 Å². The van der Waals surface area contributed by atoms with Crippen molar-refractivity contribution in [2.24, 2.45) is 0 Å². The number of ether oxygens (including phenoxy) is 3. The maximum Gasteiger partial charge on any atom is 0.338 e. The number of hydrogen-bond acceptors (Lipinski definition) is 7. The molecule has 0 aromatic heterocycles. The van der Waals surface area contributed by atoms with E-state index in [0.29, 0.717) is 17.2 Å². The number of anilines is 1. The number of amides is 1. The van der Waals surface area contributed by atoms with Crippen LogP contribution in [0.2, 0.25) is 0 Å². The number of nitrogens with one attached hydrogen (secondary N) is 2. The fraction of sp³-hybridized carbons (Fsp3) is 0.167. The van der Waals surface area contributed by atoms with Gasteiger partial charge in [0, 0.05) is 12.6 Å². The monoisotopic (exact) mass is 484 g/mol. The number of benzene rings is 3. The van der Waals surface area contributed by atoms with E-state index < -0.39 is 28.5 Å². The lowest BCUT2D eigenvalue weighted by molar-refractivity contribution is -0.119. The van der Waals surface area contributed by atoms with Gasteiger partial charge in [0.2, 0.25) is 10.0 Å². The molecule has 1 amide bonds. The molecular formula is C24H24N2O7S. The van der Waals surface area contributed by atoms with Crippen LogP contribution in [0.4, 0.5) is 5.69 Å². The van der Waals surface area contributed by atoms with E-state index in [2.05, 4.69) is 10.0 Å². The Morgan fingerprint density at radius 2 is 1.65 bits per heavy atom. The maximum absolute atomic E-state index is 12.6. The highest BCUT2D eigenvalue weighted by Gasteiger charge is 2.18. The Kier molecular flexibility index (Phi) is 8.23. The van der Waals surface area contributed by atoms with Crippen LogP contribution in [0.25, 0.3) is 0 Å². The van der Waals surface area contributed by atoms with Gasteiger partial charge in [0.15, 0.2) is 6.61 Å². The van der Waals surface area contributed by atoms with Crippen LogP contribution in [-0.4, -0.2) is 41.1 Å². The van der Waals surface area contributed by atoms with Crippen LogP contribution in [0.1, 0.15) is 15.9 Å². The molecule has 10 heteroatoms. The van der Waals surface area contributed by atoms with Gasteiger partial charge in [-0.05, 0) is 35.9 Å². The molecule has 0 spiro atoms. The van der Waals surface area contributed by atoms with E-state index >= 15 is 0 Å². The highest BCUT2D eigenvalue weighted by Crippen LogP contribution is 2.28. The van der Waals surface area contributed by atoms with Crippen LogP contribution < -0.4 is 19.5 Å². The molecule has 0 saturated carbocycles. The topological polar surface area (TPSA) is 120 Å². The Balaban J connectivity index is 1.60. The van der Waals surface area contributed by atoms with Crippen LogP contribution in [-0.2, 0) is 26.1 Å². The van der Waals surface area contributed by atoms with Crippen molar-refractivity contribution >= 4 is 27.6 Å². The molecule has 3 aromatic carbocycles. The lowest BCUT2D eigenvalue weighted by Crippen LogP contribution is -2.24. The molecule has 0 radical (unpaired) electrons. The summed E-state index contributed by atoms with van der Waals surface area (Å²) in [4.78, 5) is 24.6. The minimum Gasteiger partial charge on any atom is -0.497 e. The van der Waals surface area contributed by atoms with E-state index in [1.165, 1.54) is 38.5 Å². The van der Waals surface area contributed by atoms with Crippen molar-refractivity contribution in [2.75, 3.05) is 26.1 Å². The van der Waals surface area contributed by atoms with Crippen LogP contribution in [0.3, 0.4) is 0 Å². The third kappa shape index (κ3) is 6.56. The van der Waals surface area contributed by atoms with E-state index in [4.69, 9.17) is 14.2 Å². The molecule has 0 atom stereocenters. The van der Waals surface area contributed by atoms with Gasteiger partial charge in [-0.25, -0.2) is 17.9 Å². The lowest BCUT2D eigenvalue weighted by atomic mass is 10.2. The zero-order valence-corrected chi connectivity index (χ0v) is 19.4. The van der Waals surface area contributed by atoms with Crippen LogP contribution in [0.5, 0.6) is 11.5 Å². The first-order valence-corrected chi connectivity index (χ1v) is 11.6. The molecule has 178 valence electrons. The zero-order chi connectivity index (χ0) is 24.6. The van der Waals surface area contributed by atoms with Gasteiger partial charge in [-0.1, -0.05) is 36.4 Å². The molecule has 0 heterocycles. The molecule has 34 heavy (non-hydrogen) atoms. The van der Waals surface area contributed by atoms with Gasteiger partial charge in [0.05, 0.1) is 30.4 Å². The molecule has 0 bridgehead atoms. The van der Waals surface area contributed by atoms with E-state index in [9.17, 15) is 18.0 Å². The number of carbonyl (C=O) groups is 2. The smallest absolute Gasteiger partial charge is 0.338 e. The molecule has 3 aromatic rings. The molecule has 0 fully saturated rings. The summed E-state index contributed by atoms with van der Waals surface area (Å²) in [5.74, 6) is -0.503. The lowest BCUT2D eigenvalue weighted by Gasteiger charge is -2.12. The number of rotatable bonds is 10. The van der Waals surface area contributed by atoms with Crippen molar-refractivity contribution in [3.05, 3.63) is 83.9 Å². The Labute approximate surface area is 197 Å². The number of methoxy groups -OCH3 is 2. The first-order chi connectivity index (χ1) is 16.3. The second kappa shape index (κ2) is 11.3. The van der Waals surface area contributed by atoms with Crippen LogP contribution in [0.15, 0.2) is 77.7 Å². The molecule has 0 aliphatic heterocycles. The average Bonchev–Trinajstić information content (AvgIpc) is 2.87. The summed E-state index contributed by atoms with van der Waals surface area (Å²) in [5.41, 5.74) is 1.17. The molecule has 0 aliphatic rings. The third-order valence-corrected chi connectivity index (χ3v) is 6.11. The van der Waals surface area contributed by atoms with Gasteiger partial charge in [-0.2, -0.15) is 0 Å². The van der Waals surface area contributed by atoms with Gasteiger partial charge in [0.25, 0.3) is 5.91 Å². The minimum atomic E-state index is -3.86. The Morgan fingerprint density at radius 3 is 2.35 bits per heavy atom. The van der Waals surface area contributed by atoms with E-state index in [1.807, 2.05) is 6.07 Å². The normalized spacial score (nSPS) is 10.9. The van der Waals surface area contributed by atoms with Crippen LogP contribution >= 0.6 is 0 Å². The van der Waals surface area contributed by atoms with Crippen molar-refractivity contribution < 1.29 is 32.2 Å². The molecule has 9 nitrogen and oxygen atoms in total. The summed E-state index contributed by atoms with van der Waals surface area (Å²) in [6.07, 6.45) is 0. The first-order valence-electron chi connectivity index (χ1n) is 10.1. The fourth-order valence-corrected chi connectivity index (χ4v) is 4.01. The molecule has 2 N–H and O–H groups in total. The first kappa shape index (κ1) is 24.7.